The Morgan fingerprint density at radius 3 is 2.50 bits per heavy atom. The summed E-state index contributed by atoms with van der Waals surface area (Å²) in [7, 11) is 0. The Balaban J connectivity index is 2.35. The summed E-state index contributed by atoms with van der Waals surface area (Å²) < 4.78 is 0. The Morgan fingerprint density at radius 1 is 1.19 bits per heavy atom. The Morgan fingerprint density at radius 2 is 1.88 bits per heavy atom. The molecule has 16 heavy (non-hydrogen) atoms. The minimum absolute atomic E-state index is 0.0645. The first kappa shape index (κ1) is 10.6. The molecule has 0 spiro atoms. The van der Waals surface area contributed by atoms with Crippen LogP contribution in [0, 0.1) is 17.2 Å². The SMILES string of the molecule is N#C[C@H]1C(=O)CC(=O)C[C@@H]1c1ccccc1. The fourth-order valence-corrected chi connectivity index (χ4v) is 2.14. The fraction of sp³-hybridized carbons (Fsp3) is 0.308. The van der Waals surface area contributed by atoms with Crippen LogP contribution >= 0.6 is 0 Å². The number of nitrogens with zero attached hydrogens (tertiary/aromatic N) is 1. The van der Waals surface area contributed by atoms with Gasteiger partial charge in [-0.3, -0.25) is 9.59 Å². The van der Waals surface area contributed by atoms with Gasteiger partial charge in [0.25, 0.3) is 0 Å². The molecule has 1 aromatic carbocycles. The van der Waals surface area contributed by atoms with Gasteiger partial charge in [0.2, 0.25) is 0 Å². The summed E-state index contributed by atoms with van der Waals surface area (Å²) in [4.78, 5) is 23.0. The molecule has 1 aromatic rings. The average molecular weight is 213 g/mol. The van der Waals surface area contributed by atoms with Crippen molar-refractivity contribution in [2.45, 2.75) is 18.8 Å². The highest BCUT2D eigenvalue weighted by Gasteiger charge is 2.36. The predicted octanol–water partition coefficient (Wildman–Crippen LogP) is 1.84. The van der Waals surface area contributed by atoms with Crippen LogP contribution in [-0.4, -0.2) is 11.6 Å². The van der Waals surface area contributed by atoms with E-state index < -0.39 is 5.92 Å². The molecule has 1 aliphatic rings. The lowest BCUT2D eigenvalue weighted by atomic mass is 9.75. The second kappa shape index (κ2) is 4.28. The van der Waals surface area contributed by atoms with Crippen molar-refractivity contribution in [3.05, 3.63) is 35.9 Å². The van der Waals surface area contributed by atoms with Gasteiger partial charge in [-0.15, -0.1) is 0 Å². The van der Waals surface area contributed by atoms with Crippen LogP contribution in [0.4, 0.5) is 0 Å². The normalized spacial score (nSPS) is 25.2. The van der Waals surface area contributed by atoms with Crippen molar-refractivity contribution < 1.29 is 9.59 Å². The first-order valence-electron chi connectivity index (χ1n) is 5.21. The third kappa shape index (κ3) is 1.87. The molecule has 3 heteroatoms. The third-order valence-corrected chi connectivity index (χ3v) is 2.94. The van der Waals surface area contributed by atoms with Crippen LogP contribution in [0.25, 0.3) is 0 Å². The highest BCUT2D eigenvalue weighted by molar-refractivity contribution is 6.04. The highest BCUT2D eigenvalue weighted by atomic mass is 16.1. The van der Waals surface area contributed by atoms with Crippen molar-refractivity contribution in [1.29, 1.82) is 5.26 Å². The number of hydrogen-bond acceptors (Lipinski definition) is 3. The Labute approximate surface area is 93.7 Å². The van der Waals surface area contributed by atoms with E-state index in [1.807, 2.05) is 36.4 Å². The Bertz CT molecular complexity index is 459. The molecular formula is C13H11NO2. The number of nitriles is 1. The van der Waals surface area contributed by atoms with E-state index in [0.29, 0.717) is 6.42 Å². The van der Waals surface area contributed by atoms with Crippen LogP contribution in [0.1, 0.15) is 24.3 Å². The standard InChI is InChI=1S/C13H11NO2/c14-8-12-11(6-10(15)7-13(12)16)9-4-2-1-3-5-9/h1-5,11-12H,6-7H2/t11-,12-/m1/s1. The molecule has 0 heterocycles. The number of ketones is 2. The first-order chi connectivity index (χ1) is 7.72. The topological polar surface area (TPSA) is 57.9 Å². The molecule has 0 unspecified atom stereocenters. The smallest absolute Gasteiger partial charge is 0.157 e. The van der Waals surface area contributed by atoms with Gasteiger partial charge in [-0.05, 0) is 5.56 Å². The number of carbonyl (C=O) groups is 2. The summed E-state index contributed by atoms with van der Waals surface area (Å²) in [6.07, 6.45) is 0.218. The molecule has 0 aliphatic heterocycles. The van der Waals surface area contributed by atoms with E-state index in [4.69, 9.17) is 5.26 Å². The molecule has 1 saturated carbocycles. The van der Waals surface area contributed by atoms with E-state index in [0.717, 1.165) is 5.56 Å². The molecule has 0 N–H and O–H groups in total. The van der Waals surface area contributed by atoms with Gasteiger partial charge in [-0.25, -0.2) is 0 Å². The third-order valence-electron chi connectivity index (χ3n) is 2.94. The lowest BCUT2D eigenvalue weighted by molar-refractivity contribution is -0.132. The molecule has 0 bridgehead atoms. The molecular weight excluding hydrogens is 202 g/mol. The summed E-state index contributed by atoms with van der Waals surface area (Å²) in [5.74, 6) is -1.24. The second-order valence-corrected chi connectivity index (χ2v) is 4.01. The number of benzene rings is 1. The molecule has 2 rings (SSSR count). The van der Waals surface area contributed by atoms with Crippen molar-refractivity contribution in [3.8, 4) is 6.07 Å². The molecule has 80 valence electrons. The van der Waals surface area contributed by atoms with Gasteiger partial charge in [0, 0.05) is 12.3 Å². The molecule has 0 aromatic heterocycles. The lowest BCUT2D eigenvalue weighted by Gasteiger charge is -2.25. The van der Waals surface area contributed by atoms with Crippen LogP contribution in [0.3, 0.4) is 0 Å². The quantitative estimate of drug-likeness (QED) is 0.669. The monoisotopic (exact) mass is 213 g/mol. The Hall–Kier alpha value is -1.95. The maximum absolute atomic E-state index is 11.6. The predicted molar refractivity (Wildman–Crippen MR) is 57.5 cm³/mol. The maximum Gasteiger partial charge on any atom is 0.157 e. The van der Waals surface area contributed by atoms with E-state index in [1.54, 1.807) is 0 Å². The second-order valence-electron chi connectivity index (χ2n) is 4.01. The van der Waals surface area contributed by atoms with Crippen molar-refractivity contribution in [1.82, 2.24) is 0 Å². The van der Waals surface area contributed by atoms with Gasteiger partial charge in [0.1, 0.15) is 11.7 Å². The Kier molecular flexibility index (Phi) is 2.82. The van der Waals surface area contributed by atoms with E-state index in [1.165, 1.54) is 0 Å². The molecule has 3 nitrogen and oxygen atoms in total. The van der Waals surface area contributed by atoms with E-state index in [-0.39, 0.29) is 23.9 Å². The fourth-order valence-electron chi connectivity index (χ4n) is 2.14. The molecule has 1 fully saturated rings. The van der Waals surface area contributed by atoms with Gasteiger partial charge >= 0.3 is 0 Å². The van der Waals surface area contributed by atoms with Gasteiger partial charge in [-0.2, -0.15) is 5.26 Å². The summed E-state index contributed by atoms with van der Waals surface area (Å²) in [6, 6.07) is 11.3. The van der Waals surface area contributed by atoms with E-state index in [9.17, 15) is 9.59 Å². The number of rotatable bonds is 1. The molecule has 0 saturated heterocycles. The van der Waals surface area contributed by atoms with Crippen molar-refractivity contribution in [2.24, 2.45) is 5.92 Å². The summed E-state index contributed by atoms with van der Waals surface area (Å²) in [5.41, 5.74) is 0.899. The first-order valence-corrected chi connectivity index (χ1v) is 5.21. The maximum atomic E-state index is 11.6. The zero-order valence-corrected chi connectivity index (χ0v) is 8.72. The molecule has 1 aliphatic carbocycles. The van der Waals surface area contributed by atoms with E-state index in [2.05, 4.69) is 0 Å². The number of Topliss-reactive ketones (excluding diaryl/α,β-unsaturated/α-hetero) is 2. The lowest BCUT2D eigenvalue weighted by Crippen LogP contribution is -2.30. The van der Waals surface area contributed by atoms with Crippen LogP contribution in [0.2, 0.25) is 0 Å². The van der Waals surface area contributed by atoms with E-state index >= 15 is 0 Å². The number of carbonyl (C=O) groups excluding carboxylic acids is 2. The minimum atomic E-state index is -0.667. The number of hydrogen-bond donors (Lipinski definition) is 0. The minimum Gasteiger partial charge on any atom is -0.299 e. The molecule has 0 radical (unpaired) electrons. The zero-order chi connectivity index (χ0) is 11.5. The van der Waals surface area contributed by atoms with Crippen LogP contribution in [0.5, 0.6) is 0 Å². The van der Waals surface area contributed by atoms with Crippen molar-refractivity contribution in [3.63, 3.8) is 0 Å². The zero-order valence-electron chi connectivity index (χ0n) is 8.72. The molecule has 0 amide bonds. The molecule has 2 atom stereocenters. The van der Waals surface area contributed by atoms with Crippen LogP contribution in [-0.2, 0) is 9.59 Å². The highest BCUT2D eigenvalue weighted by Crippen LogP contribution is 2.33. The largest absolute Gasteiger partial charge is 0.299 e. The van der Waals surface area contributed by atoms with Crippen molar-refractivity contribution in [2.75, 3.05) is 0 Å². The average Bonchev–Trinajstić information content (AvgIpc) is 2.29. The van der Waals surface area contributed by atoms with Gasteiger partial charge in [-0.1, -0.05) is 30.3 Å². The van der Waals surface area contributed by atoms with Gasteiger partial charge in [0.15, 0.2) is 5.78 Å². The van der Waals surface area contributed by atoms with Gasteiger partial charge < -0.3 is 0 Å². The summed E-state index contributed by atoms with van der Waals surface area (Å²) >= 11 is 0. The van der Waals surface area contributed by atoms with Crippen molar-refractivity contribution >= 4 is 11.6 Å². The van der Waals surface area contributed by atoms with Gasteiger partial charge in [0.05, 0.1) is 12.5 Å². The van der Waals surface area contributed by atoms with Crippen LogP contribution in [0.15, 0.2) is 30.3 Å². The summed E-state index contributed by atoms with van der Waals surface area (Å²) in [6.45, 7) is 0. The summed E-state index contributed by atoms with van der Waals surface area (Å²) in [5, 5.41) is 9.00. The van der Waals surface area contributed by atoms with Crippen LogP contribution < -0.4 is 0 Å².